The van der Waals surface area contributed by atoms with Gasteiger partial charge < -0.3 is 4.74 Å². The van der Waals surface area contributed by atoms with Gasteiger partial charge in [-0.3, -0.25) is 0 Å². The van der Waals surface area contributed by atoms with Crippen LogP contribution < -0.4 is 15.6 Å². The fourth-order valence-corrected chi connectivity index (χ4v) is 10.9. The highest BCUT2D eigenvalue weighted by Gasteiger charge is 2.51. The predicted molar refractivity (Wildman–Crippen MR) is 133 cm³/mol. The van der Waals surface area contributed by atoms with Gasteiger partial charge in [-0.25, -0.2) is 4.79 Å². The molecule has 4 rings (SSSR count). The maximum absolute atomic E-state index is 13.3. The van der Waals surface area contributed by atoms with Gasteiger partial charge in [-0.1, -0.05) is 118 Å². The number of esters is 1. The van der Waals surface area contributed by atoms with Gasteiger partial charge in [0.25, 0.3) is 0 Å². The van der Waals surface area contributed by atoms with Gasteiger partial charge in [0, 0.05) is 0 Å². The first-order chi connectivity index (χ1) is 14.9. The number of hydrogen-bond donors (Lipinski definition) is 0. The lowest BCUT2D eigenvalue weighted by atomic mass is 10.0. The van der Waals surface area contributed by atoms with E-state index in [4.69, 9.17) is 4.74 Å². The molecule has 0 bridgehead atoms. The van der Waals surface area contributed by atoms with E-state index < -0.39 is 8.07 Å². The second kappa shape index (κ2) is 8.16. The van der Waals surface area contributed by atoms with Crippen LogP contribution in [-0.2, 0) is 4.74 Å². The van der Waals surface area contributed by atoms with Crippen LogP contribution in [0.2, 0.25) is 5.04 Å². The van der Waals surface area contributed by atoms with Gasteiger partial charge in [-0.05, 0) is 31.4 Å². The smallest absolute Gasteiger partial charge is 0.338 e. The number of benzene rings is 4. The van der Waals surface area contributed by atoms with E-state index in [-0.39, 0.29) is 11.0 Å². The second-order valence-corrected chi connectivity index (χ2v) is 13.6. The average Bonchev–Trinajstić information content (AvgIpc) is 2.79. The highest BCUT2D eigenvalue weighted by Crippen LogP contribution is 2.37. The van der Waals surface area contributed by atoms with Gasteiger partial charge in [0.2, 0.25) is 0 Å². The first-order valence-electron chi connectivity index (χ1n) is 10.6. The van der Waals surface area contributed by atoms with Crippen molar-refractivity contribution in [1.82, 2.24) is 0 Å². The van der Waals surface area contributed by atoms with E-state index in [1.807, 2.05) is 18.2 Å². The molecular weight excluding hydrogens is 396 g/mol. The summed E-state index contributed by atoms with van der Waals surface area (Å²) in [5, 5.41) is 5.55. The van der Waals surface area contributed by atoms with E-state index in [2.05, 4.69) is 99.6 Å². The van der Waals surface area contributed by atoms with Crippen molar-refractivity contribution in [2.75, 3.05) is 7.11 Å². The summed E-state index contributed by atoms with van der Waals surface area (Å²) in [4.78, 5) is 13.3. The highest BCUT2D eigenvalue weighted by molar-refractivity contribution is 7.13. The maximum atomic E-state index is 13.3. The fraction of sp³-hybridized carbons (Fsp3) is 0.179. The molecule has 156 valence electrons. The molecule has 0 unspecified atom stereocenters. The van der Waals surface area contributed by atoms with E-state index in [9.17, 15) is 4.79 Å². The number of fused-ring (bicyclic) bond motifs is 1. The maximum Gasteiger partial charge on any atom is 0.338 e. The lowest BCUT2D eigenvalue weighted by Gasteiger charge is -2.45. The zero-order chi connectivity index (χ0) is 22.1. The predicted octanol–water partition coefficient (Wildman–Crippen LogP) is 4.90. The quantitative estimate of drug-likeness (QED) is 0.265. The van der Waals surface area contributed by atoms with Crippen molar-refractivity contribution in [2.45, 2.75) is 25.8 Å². The first kappa shape index (κ1) is 21.1. The third-order valence-electron chi connectivity index (χ3n) is 6.26. The first-order valence-corrected chi connectivity index (χ1v) is 12.6. The average molecular weight is 425 g/mol. The molecule has 0 heterocycles. The summed E-state index contributed by atoms with van der Waals surface area (Å²) in [5.41, 5.74) is 0.690. The van der Waals surface area contributed by atoms with Gasteiger partial charge in [-0.15, -0.1) is 0 Å². The minimum absolute atomic E-state index is 0.110. The summed E-state index contributed by atoms with van der Waals surface area (Å²) in [6.07, 6.45) is 0. The Kier molecular flexibility index (Phi) is 5.55. The molecule has 0 N–H and O–H groups in total. The molecule has 2 nitrogen and oxygen atoms in total. The third kappa shape index (κ3) is 3.39. The Morgan fingerprint density at radius 1 is 0.710 bits per heavy atom. The Hall–Kier alpha value is -3.17. The molecule has 0 radical (unpaired) electrons. The largest absolute Gasteiger partial charge is 0.465 e. The summed E-state index contributed by atoms with van der Waals surface area (Å²) >= 11 is 0. The molecule has 0 atom stereocenters. The van der Waals surface area contributed by atoms with E-state index >= 15 is 0 Å². The van der Waals surface area contributed by atoms with E-state index in [1.165, 1.54) is 17.5 Å². The lowest BCUT2D eigenvalue weighted by Crippen LogP contribution is -2.73. The van der Waals surface area contributed by atoms with Crippen LogP contribution >= 0.6 is 0 Å². The molecule has 0 aliphatic carbocycles. The minimum Gasteiger partial charge on any atom is -0.465 e. The highest BCUT2D eigenvalue weighted by atomic mass is 28.3. The van der Waals surface area contributed by atoms with Crippen LogP contribution in [0, 0.1) is 0 Å². The number of rotatable bonds is 4. The van der Waals surface area contributed by atoms with Gasteiger partial charge in [-0.2, -0.15) is 0 Å². The third-order valence-corrected chi connectivity index (χ3v) is 12.1. The minimum atomic E-state index is -2.67. The number of carbonyl (C=O) groups is 1. The molecule has 4 aromatic rings. The summed E-state index contributed by atoms with van der Waals surface area (Å²) < 4.78 is 5.35. The molecule has 0 amide bonds. The number of methoxy groups -OCH3 is 1. The fourth-order valence-electron chi connectivity index (χ4n) is 5.03. The van der Waals surface area contributed by atoms with Crippen molar-refractivity contribution in [3.63, 3.8) is 0 Å². The molecule has 0 fully saturated rings. The zero-order valence-corrected chi connectivity index (χ0v) is 19.6. The van der Waals surface area contributed by atoms with Gasteiger partial charge in [0.05, 0.1) is 12.7 Å². The molecule has 0 saturated heterocycles. The zero-order valence-electron chi connectivity index (χ0n) is 18.6. The Bertz CT molecular complexity index is 1170. The van der Waals surface area contributed by atoms with E-state index in [1.54, 1.807) is 0 Å². The van der Waals surface area contributed by atoms with Crippen molar-refractivity contribution < 1.29 is 9.53 Å². The Morgan fingerprint density at radius 2 is 1.23 bits per heavy atom. The Labute approximate surface area is 185 Å². The summed E-state index contributed by atoms with van der Waals surface area (Å²) in [7, 11) is -1.20. The molecule has 31 heavy (non-hydrogen) atoms. The van der Waals surface area contributed by atoms with Crippen LogP contribution in [-0.4, -0.2) is 21.2 Å². The molecule has 0 spiro atoms. The monoisotopic (exact) mass is 424 g/mol. The molecule has 4 aromatic carbocycles. The van der Waals surface area contributed by atoms with Crippen molar-refractivity contribution in [2.24, 2.45) is 0 Å². The number of hydrogen-bond acceptors (Lipinski definition) is 2. The van der Waals surface area contributed by atoms with Crippen LogP contribution in [0.1, 0.15) is 31.1 Å². The molecule has 3 heteroatoms. The molecule has 0 aliphatic heterocycles. The standard InChI is InChI=1S/C28H28O2Si/c1-28(2,3)31(22-14-7-5-8-15-22,23-16-9-6-10-17-23)25-20-19-21-13-11-12-18-24(21)26(25)27(29)30-4/h5-20H,1-4H3. The van der Waals surface area contributed by atoms with Gasteiger partial charge in [0.15, 0.2) is 8.07 Å². The molecule has 0 saturated carbocycles. The van der Waals surface area contributed by atoms with Crippen LogP contribution in [0.3, 0.4) is 0 Å². The molecule has 0 aliphatic rings. The van der Waals surface area contributed by atoms with E-state index in [0.29, 0.717) is 5.56 Å². The van der Waals surface area contributed by atoms with E-state index in [0.717, 1.165) is 16.0 Å². The van der Waals surface area contributed by atoms with Crippen molar-refractivity contribution >= 4 is 40.4 Å². The van der Waals surface area contributed by atoms with Crippen LogP contribution in [0.4, 0.5) is 0 Å². The summed E-state index contributed by atoms with van der Waals surface area (Å²) in [6.45, 7) is 6.90. The summed E-state index contributed by atoms with van der Waals surface area (Å²) in [5.74, 6) is -0.278. The number of ether oxygens (including phenoxy) is 1. The Morgan fingerprint density at radius 3 is 1.74 bits per heavy atom. The molecular formula is C28H28O2Si. The van der Waals surface area contributed by atoms with Crippen molar-refractivity contribution in [1.29, 1.82) is 0 Å². The van der Waals surface area contributed by atoms with Gasteiger partial charge in [0.1, 0.15) is 0 Å². The van der Waals surface area contributed by atoms with Crippen molar-refractivity contribution in [3.05, 3.63) is 103 Å². The SMILES string of the molecule is COC(=O)c1c([Si](c2ccccc2)(c2ccccc2)C(C)(C)C)ccc2ccccc12. The lowest BCUT2D eigenvalue weighted by molar-refractivity contribution is 0.0604. The normalized spacial score (nSPS) is 12.0. The van der Waals surface area contributed by atoms with Crippen LogP contribution in [0.15, 0.2) is 97.1 Å². The van der Waals surface area contributed by atoms with Crippen LogP contribution in [0.25, 0.3) is 10.8 Å². The Balaban J connectivity index is 2.23. The van der Waals surface area contributed by atoms with Crippen molar-refractivity contribution in [3.8, 4) is 0 Å². The molecule has 0 aromatic heterocycles. The number of carbonyl (C=O) groups excluding carboxylic acids is 1. The van der Waals surface area contributed by atoms with Gasteiger partial charge >= 0.3 is 5.97 Å². The summed E-state index contributed by atoms with van der Waals surface area (Å²) in [6, 6.07) is 33.8. The second-order valence-electron chi connectivity index (χ2n) is 8.93. The van der Waals surface area contributed by atoms with Crippen LogP contribution in [0.5, 0.6) is 0 Å². The topological polar surface area (TPSA) is 26.3 Å².